The molecule has 166 valence electrons. The molecule has 0 radical (unpaired) electrons. The fourth-order valence-corrected chi connectivity index (χ4v) is 5.98. The summed E-state index contributed by atoms with van der Waals surface area (Å²) in [6, 6.07) is 17.5. The highest BCUT2D eigenvalue weighted by Crippen LogP contribution is 2.29. The summed E-state index contributed by atoms with van der Waals surface area (Å²) >= 11 is 3.31. The van der Waals surface area contributed by atoms with Gasteiger partial charge in [-0.2, -0.15) is 0 Å². The maximum Gasteiger partial charge on any atom is 0.240 e. The van der Waals surface area contributed by atoms with Crippen LogP contribution in [0.4, 0.5) is 5.69 Å². The quantitative estimate of drug-likeness (QED) is 0.244. The maximum atomic E-state index is 12.4. The van der Waals surface area contributed by atoms with E-state index in [0.717, 1.165) is 26.7 Å². The molecule has 2 aromatic carbocycles. The minimum absolute atomic E-state index is 0.0723. The molecule has 0 bridgehead atoms. The van der Waals surface area contributed by atoms with E-state index in [1.54, 1.807) is 47.4 Å². The number of thiazole rings is 1. The topological polar surface area (TPSA) is 101 Å². The Balaban J connectivity index is 1.21. The number of fused-ring (bicyclic) bond motifs is 1. The van der Waals surface area contributed by atoms with Crippen molar-refractivity contribution < 1.29 is 17.6 Å². The fourth-order valence-electron chi connectivity index (χ4n) is 2.91. The minimum Gasteiger partial charge on any atom is -0.468 e. The van der Waals surface area contributed by atoms with Crippen LogP contribution in [-0.2, 0) is 21.4 Å². The van der Waals surface area contributed by atoms with Gasteiger partial charge in [-0.15, -0.1) is 11.3 Å². The SMILES string of the molecule is O=C(CCCSc1nc2ccccc2s1)Nc1ccc(S(=O)(=O)NCc2ccco2)cc1. The number of anilines is 1. The highest BCUT2D eigenvalue weighted by atomic mass is 32.2. The van der Waals surface area contributed by atoms with Crippen LogP contribution in [0.25, 0.3) is 10.2 Å². The number of aromatic nitrogens is 1. The zero-order chi connectivity index (χ0) is 22.4. The molecular weight excluding hydrogens is 466 g/mol. The van der Waals surface area contributed by atoms with E-state index in [9.17, 15) is 13.2 Å². The average Bonchev–Trinajstić information content (AvgIpc) is 3.45. The molecule has 0 saturated heterocycles. The van der Waals surface area contributed by atoms with Crippen LogP contribution in [-0.4, -0.2) is 25.1 Å². The normalized spacial score (nSPS) is 11.6. The predicted molar refractivity (Wildman–Crippen MR) is 127 cm³/mol. The van der Waals surface area contributed by atoms with Crippen LogP contribution in [0, 0.1) is 0 Å². The lowest BCUT2D eigenvalue weighted by molar-refractivity contribution is -0.116. The number of hydrogen-bond acceptors (Lipinski definition) is 7. The second-order valence-corrected chi connectivity index (χ2v) is 11.0. The Kier molecular flexibility index (Phi) is 7.26. The summed E-state index contributed by atoms with van der Waals surface area (Å²) in [4.78, 5) is 16.9. The van der Waals surface area contributed by atoms with Gasteiger partial charge in [0, 0.05) is 17.9 Å². The van der Waals surface area contributed by atoms with E-state index in [2.05, 4.69) is 21.1 Å². The average molecular weight is 488 g/mol. The second-order valence-electron chi connectivity index (χ2n) is 6.88. The van der Waals surface area contributed by atoms with Crippen molar-refractivity contribution in [1.29, 1.82) is 0 Å². The third kappa shape index (κ3) is 5.98. The van der Waals surface area contributed by atoms with Gasteiger partial charge in [-0.25, -0.2) is 18.1 Å². The first-order valence-corrected chi connectivity index (χ1v) is 13.2. The minimum atomic E-state index is -3.67. The van der Waals surface area contributed by atoms with Gasteiger partial charge in [0.1, 0.15) is 5.76 Å². The monoisotopic (exact) mass is 487 g/mol. The number of benzene rings is 2. The zero-order valence-corrected chi connectivity index (χ0v) is 19.4. The van der Waals surface area contributed by atoms with Gasteiger partial charge in [-0.3, -0.25) is 4.79 Å². The molecule has 4 aromatic rings. The number of nitrogens with zero attached hydrogens (tertiary/aromatic N) is 1. The number of rotatable bonds is 10. The molecule has 0 aliphatic heterocycles. The molecule has 32 heavy (non-hydrogen) atoms. The number of thioether (sulfide) groups is 1. The van der Waals surface area contributed by atoms with E-state index in [0.29, 0.717) is 17.9 Å². The van der Waals surface area contributed by atoms with Crippen LogP contribution in [0.2, 0.25) is 0 Å². The number of sulfonamides is 1. The van der Waals surface area contributed by atoms with Gasteiger partial charge >= 0.3 is 0 Å². The van der Waals surface area contributed by atoms with E-state index in [1.807, 2.05) is 18.2 Å². The molecular formula is C22H21N3O4S3. The zero-order valence-electron chi connectivity index (χ0n) is 17.0. The lowest BCUT2D eigenvalue weighted by Gasteiger charge is -2.08. The summed E-state index contributed by atoms with van der Waals surface area (Å²) in [5.74, 6) is 1.21. The Hall–Kier alpha value is -2.66. The van der Waals surface area contributed by atoms with Crippen LogP contribution in [0.3, 0.4) is 0 Å². The van der Waals surface area contributed by atoms with Crippen LogP contribution in [0.5, 0.6) is 0 Å². The van der Waals surface area contributed by atoms with E-state index in [-0.39, 0.29) is 17.3 Å². The number of para-hydroxylation sites is 1. The molecule has 2 heterocycles. The Morgan fingerprint density at radius 1 is 1.06 bits per heavy atom. The summed E-state index contributed by atoms with van der Waals surface area (Å²) in [6.07, 6.45) is 2.58. The lowest BCUT2D eigenvalue weighted by Crippen LogP contribution is -2.23. The largest absolute Gasteiger partial charge is 0.468 e. The molecule has 10 heteroatoms. The number of carbonyl (C=O) groups excluding carboxylic acids is 1. The number of nitrogens with one attached hydrogen (secondary N) is 2. The molecule has 0 aliphatic rings. The third-order valence-corrected chi connectivity index (χ3v) is 8.20. The number of furan rings is 1. The number of carbonyl (C=O) groups is 1. The molecule has 0 atom stereocenters. The Morgan fingerprint density at radius 2 is 1.88 bits per heavy atom. The van der Waals surface area contributed by atoms with Crippen LogP contribution < -0.4 is 10.0 Å². The standard InChI is InChI=1S/C22H21N3O4S3/c26-21(8-4-14-30-22-25-19-6-1-2-7-20(19)31-22)24-16-9-11-18(12-10-16)32(27,28)23-15-17-5-3-13-29-17/h1-3,5-7,9-13,23H,4,8,14-15H2,(H,24,26). The van der Waals surface area contributed by atoms with E-state index in [4.69, 9.17) is 4.42 Å². The van der Waals surface area contributed by atoms with Crippen molar-refractivity contribution in [3.05, 3.63) is 72.7 Å². The van der Waals surface area contributed by atoms with Gasteiger partial charge in [0.15, 0.2) is 4.34 Å². The Bertz CT molecular complexity index is 1250. The molecule has 0 spiro atoms. The molecule has 0 fully saturated rings. The van der Waals surface area contributed by atoms with E-state index >= 15 is 0 Å². The van der Waals surface area contributed by atoms with Crippen LogP contribution in [0.15, 0.2) is 80.6 Å². The summed E-state index contributed by atoms with van der Waals surface area (Å²) in [7, 11) is -3.67. The maximum absolute atomic E-state index is 12.4. The summed E-state index contributed by atoms with van der Waals surface area (Å²) < 4.78 is 34.5. The molecule has 7 nitrogen and oxygen atoms in total. The number of hydrogen-bond donors (Lipinski definition) is 2. The fraction of sp³-hybridized carbons (Fsp3) is 0.182. The van der Waals surface area contributed by atoms with Crippen LogP contribution in [0.1, 0.15) is 18.6 Å². The smallest absolute Gasteiger partial charge is 0.240 e. The molecule has 0 saturated carbocycles. The summed E-state index contributed by atoms with van der Waals surface area (Å²) in [5, 5.41) is 2.80. The molecule has 2 aromatic heterocycles. The van der Waals surface area contributed by atoms with Crippen molar-refractivity contribution in [1.82, 2.24) is 9.71 Å². The highest BCUT2D eigenvalue weighted by molar-refractivity contribution is 8.01. The van der Waals surface area contributed by atoms with Crippen molar-refractivity contribution >= 4 is 54.9 Å². The van der Waals surface area contributed by atoms with Crippen molar-refractivity contribution in [2.45, 2.75) is 28.6 Å². The predicted octanol–water partition coefficient (Wildman–Crippen LogP) is 4.88. The molecule has 0 aliphatic carbocycles. The molecule has 0 unspecified atom stereocenters. The van der Waals surface area contributed by atoms with Crippen molar-refractivity contribution in [2.24, 2.45) is 0 Å². The van der Waals surface area contributed by atoms with Crippen molar-refractivity contribution in [3.63, 3.8) is 0 Å². The second kappa shape index (κ2) is 10.3. The highest BCUT2D eigenvalue weighted by Gasteiger charge is 2.14. The lowest BCUT2D eigenvalue weighted by atomic mass is 10.3. The molecule has 2 N–H and O–H groups in total. The van der Waals surface area contributed by atoms with Gasteiger partial charge in [-0.1, -0.05) is 23.9 Å². The van der Waals surface area contributed by atoms with Gasteiger partial charge in [0.2, 0.25) is 15.9 Å². The van der Waals surface area contributed by atoms with Crippen molar-refractivity contribution in [3.8, 4) is 0 Å². The number of amides is 1. The Morgan fingerprint density at radius 3 is 2.62 bits per heavy atom. The Labute approximate surface area is 194 Å². The van der Waals surface area contributed by atoms with Crippen molar-refractivity contribution in [2.75, 3.05) is 11.1 Å². The first kappa shape index (κ1) is 22.5. The first-order valence-electron chi connectivity index (χ1n) is 9.90. The summed E-state index contributed by atoms with van der Waals surface area (Å²) in [6.45, 7) is 0.0723. The van der Waals surface area contributed by atoms with Gasteiger partial charge in [-0.05, 0) is 55.0 Å². The molecule has 4 rings (SSSR count). The van der Waals surface area contributed by atoms with Gasteiger partial charge < -0.3 is 9.73 Å². The van der Waals surface area contributed by atoms with E-state index < -0.39 is 10.0 Å². The third-order valence-electron chi connectivity index (χ3n) is 4.51. The van der Waals surface area contributed by atoms with Crippen LogP contribution >= 0.6 is 23.1 Å². The first-order chi connectivity index (χ1) is 15.5. The summed E-state index contributed by atoms with van der Waals surface area (Å²) in [5.41, 5.74) is 1.55. The van der Waals surface area contributed by atoms with Gasteiger partial charge in [0.25, 0.3) is 0 Å². The molecule has 1 amide bonds. The van der Waals surface area contributed by atoms with E-state index in [1.165, 1.54) is 18.4 Å². The van der Waals surface area contributed by atoms with Gasteiger partial charge in [0.05, 0.1) is 27.9 Å².